The van der Waals surface area contributed by atoms with E-state index in [-0.39, 0.29) is 5.91 Å². The molecule has 0 saturated heterocycles. The number of methoxy groups -OCH3 is 2. The number of nitrogens with zero attached hydrogens (tertiary/aromatic N) is 2. The minimum atomic E-state index is -0.160. The van der Waals surface area contributed by atoms with E-state index in [1.54, 1.807) is 26.4 Å². The lowest BCUT2D eigenvalue weighted by Gasteiger charge is -2.10. The smallest absolute Gasteiger partial charge is 0.272 e. The highest BCUT2D eigenvalue weighted by Crippen LogP contribution is 2.27. The Bertz CT molecular complexity index is 730. The van der Waals surface area contributed by atoms with Crippen molar-refractivity contribution in [3.05, 3.63) is 41.6 Å². The third kappa shape index (κ3) is 4.59. The van der Waals surface area contributed by atoms with E-state index in [1.165, 1.54) is 0 Å². The van der Waals surface area contributed by atoms with Crippen LogP contribution in [0.15, 0.2) is 30.3 Å². The van der Waals surface area contributed by atoms with Gasteiger partial charge in [-0.2, -0.15) is 0 Å². The number of rotatable bonds is 8. The van der Waals surface area contributed by atoms with Gasteiger partial charge < -0.3 is 20.1 Å². The zero-order valence-corrected chi connectivity index (χ0v) is 14.4. The van der Waals surface area contributed by atoms with Crippen LogP contribution < -0.4 is 20.1 Å². The molecule has 0 atom stereocenters. The highest BCUT2D eigenvalue weighted by Gasteiger charge is 2.24. The van der Waals surface area contributed by atoms with Crippen LogP contribution >= 0.6 is 0 Å². The molecule has 0 unspecified atom stereocenters. The fourth-order valence-electron chi connectivity index (χ4n) is 2.41. The summed E-state index contributed by atoms with van der Waals surface area (Å²) in [5.41, 5.74) is 1.47. The number of amides is 1. The van der Waals surface area contributed by atoms with Gasteiger partial charge in [0.25, 0.3) is 5.91 Å². The molecule has 25 heavy (non-hydrogen) atoms. The Labute approximate surface area is 146 Å². The Hall–Kier alpha value is -2.83. The second kappa shape index (κ2) is 7.83. The van der Waals surface area contributed by atoms with Crippen molar-refractivity contribution in [2.45, 2.75) is 25.3 Å². The predicted molar refractivity (Wildman–Crippen MR) is 94.3 cm³/mol. The van der Waals surface area contributed by atoms with Crippen LogP contribution in [-0.2, 0) is 6.42 Å². The van der Waals surface area contributed by atoms with Gasteiger partial charge in [-0.1, -0.05) is 6.07 Å². The van der Waals surface area contributed by atoms with E-state index in [9.17, 15) is 4.79 Å². The molecule has 1 amide bonds. The van der Waals surface area contributed by atoms with Crippen molar-refractivity contribution in [3.63, 3.8) is 0 Å². The number of anilines is 1. The Morgan fingerprint density at radius 2 is 1.92 bits per heavy atom. The van der Waals surface area contributed by atoms with Crippen molar-refractivity contribution < 1.29 is 14.3 Å². The van der Waals surface area contributed by atoms with Gasteiger partial charge >= 0.3 is 0 Å². The number of nitrogens with one attached hydrogen (secondary N) is 2. The maximum atomic E-state index is 11.9. The Balaban J connectivity index is 1.50. The van der Waals surface area contributed by atoms with Gasteiger partial charge in [-0.3, -0.25) is 4.79 Å². The van der Waals surface area contributed by atoms with E-state index in [0.29, 0.717) is 35.6 Å². The Kier molecular flexibility index (Phi) is 5.33. The molecule has 0 aliphatic heterocycles. The molecule has 3 rings (SSSR count). The summed E-state index contributed by atoms with van der Waals surface area (Å²) < 4.78 is 10.5. The number of carbonyl (C=O) groups is 1. The third-order valence-electron chi connectivity index (χ3n) is 3.98. The fourth-order valence-corrected chi connectivity index (χ4v) is 2.41. The average molecular weight is 342 g/mol. The lowest BCUT2D eigenvalue weighted by molar-refractivity contribution is 0.0945. The number of carbonyl (C=O) groups excluding carboxylic acids is 1. The van der Waals surface area contributed by atoms with Crippen molar-refractivity contribution in [1.29, 1.82) is 0 Å². The van der Waals surface area contributed by atoms with Gasteiger partial charge in [0.05, 0.1) is 14.2 Å². The first kappa shape index (κ1) is 17.0. The molecule has 1 fully saturated rings. The van der Waals surface area contributed by atoms with Crippen molar-refractivity contribution >= 4 is 11.7 Å². The summed E-state index contributed by atoms with van der Waals surface area (Å²) in [6.45, 7) is 0.692. The van der Waals surface area contributed by atoms with Gasteiger partial charge in [-0.25, -0.2) is 0 Å². The molecule has 1 saturated carbocycles. The standard InChI is InChI=1S/C18H22N4O3/c1-24-15-7-3-12(11-16(15)25-2)9-10-19-17-8-6-14(21-22-17)18(23)20-13-4-5-13/h3,6-8,11,13H,4-5,9-10H2,1-2H3,(H,19,22)(H,20,23). The van der Waals surface area contributed by atoms with Gasteiger partial charge in [0.1, 0.15) is 5.82 Å². The molecule has 1 aromatic heterocycles. The van der Waals surface area contributed by atoms with Crippen molar-refractivity contribution in [3.8, 4) is 11.5 Å². The Morgan fingerprint density at radius 1 is 1.12 bits per heavy atom. The Morgan fingerprint density at radius 3 is 2.56 bits per heavy atom. The van der Waals surface area contributed by atoms with Crippen molar-refractivity contribution in [1.82, 2.24) is 15.5 Å². The second-order valence-electron chi connectivity index (χ2n) is 5.92. The van der Waals surface area contributed by atoms with Crippen molar-refractivity contribution in [2.75, 3.05) is 26.1 Å². The molecular formula is C18H22N4O3. The van der Waals surface area contributed by atoms with Crippen LogP contribution in [0.4, 0.5) is 5.82 Å². The van der Waals surface area contributed by atoms with Crippen LogP contribution in [0, 0.1) is 0 Å². The maximum Gasteiger partial charge on any atom is 0.272 e. The first-order chi connectivity index (χ1) is 12.2. The highest BCUT2D eigenvalue weighted by atomic mass is 16.5. The molecular weight excluding hydrogens is 320 g/mol. The molecule has 132 valence electrons. The number of ether oxygens (including phenoxy) is 2. The average Bonchev–Trinajstić information content (AvgIpc) is 3.46. The van der Waals surface area contributed by atoms with Crippen LogP contribution in [0.5, 0.6) is 11.5 Å². The molecule has 1 aliphatic rings. The minimum Gasteiger partial charge on any atom is -0.493 e. The SMILES string of the molecule is COc1ccc(CCNc2ccc(C(=O)NC3CC3)nn2)cc1OC. The van der Waals surface area contributed by atoms with Gasteiger partial charge in [0.15, 0.2) is 17.2 Å². The van der Waals surface area contributed by atoms with Gasteiger partial charge in [0.2, 0.25) is 0 Å². The quantitative estimate of drug-likeness (QED) is 0.764. The summed E-state index contributed by atoms with van der Waals surface area (Å²) >= 11 is 0. The number of benzene rings is 1. The summed E-state index contributed by atoms with van der Waals surface area (Å²) in [7, 11) is 3.24. The van der Waals surface area contributed by atoms with E-state index in [0.717, 1.165) is 24.8 Å². The van der Waals surface area contributed by atoms with E-state index in [2.05, 4.69) is 20.8 Å². The molecule has 1 heterocycles. The maximum absolute atomic E-state index is 11.9. The normalized spacial score (nSPS) is 13.2. The highest BCUT2D eigenvalue weighted by molar-refractivity contribution is 5.92. The van der Waals surface area contributed by atoms with Gasteiger partial charge in [-0.15, -0.1) is 10.2 Å². The third-order valence-corrected chi connectivity index (χ3v) is 3.98. The number of hydrogen-bond acceptors (Lipinski definition) is 6. The molecule has 0 radical (unpaired) electrons. The molecule has 2 aromatic rings. The van der Waals surface area contributed by atoms with Gasteiger partial charge in [0, 0.05) is 12.6 Å². The summed E-state index contributed by atoms with van der Waals surface area (Å²) in [4.78, 5) is 11.9. The van der Waals surface area contributed by atoms with E-state index in [4.69, 9.17) is 9.47 Å². The fraction of sp³-hybridized carbons (Fsp3) is 0.389. The minimum absolute atomic E-state index is 0.160. The van der Waals surface area contributed by atoms with Crippen LogP contribution in [0.25, 0.3) is 0 Å². The van der Waals surface area contributed by atoms with E-state index >= 15 is 0 Å². The predicted octanol–water partition coefficient (Wildman–Crippen LogP) is 2.04. The first-order valence-corrected chi connectivity index (χ1v) is 8.29. The van der Waals surface area contributed by atoms with Gasteiger partial charge in [-0.05, 0) is 49.1 Å². The molecule has 2 N–H and O–H groups in total. The summed E-state index contributed by atoms with van der Waals surface area (Å²) in [6, 6.07) is 9.61. The molecule has 7 nitrogen and oxygen atoms in total. The van der Waals surface area contributed by atoms with Crippen LogP contribution in [0.3, 0.4) is 0 Å². The van der Waals surface area contributed by atoms with Crippen LogP contribution in [0.2, 0.25) is 0 Å². The monoisotopic (exact) mass is 342 g/mol. The summed E-state index contributed by atoms with van der Waals surface area (Å²) in [5, 5.41) is 14.1. The van der Waals surface area contributed by atoms with Crippen LogP contribution in [-0.4, -0.2) is 42.9 Å². The lowest BCUT2D eigenvalue weighted by Crippen LogP contribution is -2.26. The summed E-state index contributed by atoms with van der Waals surface area (Å²) in [6.07, 6.45) is 2.90. The topological polar surface area (TPSA) is 85.4 Å². The van der Waals surface area contributed by atoms with E-state index < -0.39 is 0 Å². The molecule has 1 aliphatic carbocycles. The summed E-state index contributed by atoms with van der Waals surface area (Å²) in [5.74, 6) is 1.91. The lowest BCUT2D eigenvalue weighted by atomic mass is 10.1. The second-order valence-corrected chi connectivity index (χ2v) is 5.92. The molecule has 0 spiro atoms. The molecule has 0 bridgehead atoms. The van der Waals surface area contributed by atoms with Crippen molar-refractivity contribution in [2.24, 2.45) is 0 Å². The van der Waals surface area contributed by atoms with Crippen LogP contribution in [0.1, 0.15) is 28.9 Å². The number of hydrogen-bond donors (Lipinski definition) is 2. The first-order valence-electron chi connectivity index (χ1n) is 8.29. The zero-order valence-electron chi connectivity index (χ0n) is 14.4. The zero-order chi connectivity index (χ0) is 17.6. The largest absolute Gasteiger partial charge is 0.493 e. The van der Waals surface area contributed by atoms with E-state index in [1.807, 2.05) is 18.2 Å². The number of aromatic nitrogens is 2. The molecule has 7 heteroatoms. The molecule has 1 aromatic carbocycles.